The second-order valence-corrected chi connectivity index (χ2v) is 1.83. The zero-order chi connectivity index (χ0) is 9.72. The summed E-state index contributed by atoms with van der Waals surface area (Å²) < 4.78 is 4.06. The van der Waals surface area contributed by atoms with Crippen LogP contribution in [0.1, 0.15) is 0 Å². The average molecular weight is 176 g/mol. The van der Waals surface area contributed by atoms with Gasteiger partial charge in [-0.15, -0.1) is 0 Å². The second-order valence-electron chi connectivity index (χ2n) is 1.83. The first-order chi connectivity index (χ1) is 5.54. The highest BCUT2D eigenvalue weighted by Crippen LogP contribution is 1.93. The summed E-state index contributed by atoms with van der Waals surface area (Å²) in [5.41, 5.74) is 0. The van der Waals surface area contributed by atoms with Crippen molar-refractivity contribution in [2.75, 3.05) is 14.2 Å². The van der Waals surface area contributed by atoms with Crippen LogP contribution in [-0.2, 0) is 14.3 Å². The highest BCUT2D eigenvalue weighted by molar-refractivity contribution is 6.00. The van der Waals surface area contributed by atoms with E-state index in [2.05, 4.69) is 4.74 Å². The number of carbonyl (C=O) groups excluding carboxylic acids is 2. The SMILES string of the molecule is CNC(=O)C(C(=O)OC)[N+](=O)[O-]. The number of likely N-dealkylation sites (N-methyl/N-ethyl adjacent to an activating group) is 1. The van der Waals surface area contributed by atoms with Crippen molar-refractivity contribution in [1.29, 1.82) is 0 Å². The summed E-state index contributed by atoms with van der Waals surface area (Å²) in [4.78, 5) is 30.5. The molecule has 68 valence electrons. The Morgan fingerprint density at radius 3 is 2.33 bits per heavy atom. The smallest absolute Gasteiger partial charge is 0.391 e. The Balaban J connectivity index is 4.55. The Morgan fingerprint density at radius 2 is 2.08 bits per heavy atom. The molecule has 0 saturated carbocycles. The number of nitro groups is 1. The van der Waals surface area contributed by atoms with Crippen LogP contribution in [0.5, 0.6) is 0 Å². The van der Waals surface area contributed by atoms with Crippen LogP contribution in [0.15, 0.2) is 0 Å². The molecule has 0 aromatic rings. The molecule has 1 unspecified atom stereocenters. The predicted octanol–water partition coefficient (Wildman–Crippen LogP) is -1.45. The molecule has 0 spiro atoms. The van der Waals surface area contributed by atoms with Crippen LogP contribution in [-0.4, -0.2) is 37.0 Å². The van der Waals surface area contributed by atoms with E-state index in [4.69, 9.17) is 0 Å². The molecule has 0 aliphatic carbocycles. The minimum absolute atomic E-state index is 0.974. The van der Waals surface area contributed by atoms with Gasteiger partial charge in [-0.3, -0.25) is 14.9 Å². The summed E-state index contributed by atoms with van der Waals surface area (Å²) in [6.45, 7) is 0. The van der Waals surface area contributed by atoms with Crippen molar-refractivity contribution in [2.45, 2.75) is 6.04 Å². The molecule has 7 heteroatoms. The summed E-state index contributed by atoms with van der Waals surface area (Å²) in [6.07, 6.45) is 0. The van der Waals surface area contributed by atoms with Gasteiger partial charge in [-0.25, -0.2) is 4.79 Å². The van der Waals surface area contributed by atoms with E-state index in [0.29, 0.717) is 0 Å². The molecule has 1 atom stereocenters. The maximum Gasteiger partial charge on any atom is 0.391 e. The van der Waals surface area contributed by atoms with E-state index >= 15 is 0 Å². The Labute approximate surface area is 67.8 Å². The first kappa shape index (κ1) is 10.3. The van der Waals surface area contributed by atoms with Gasteiger partial charge in [0.2, 0.25) is 0 Å². The summed E-state index contributed by atoms with van der Waals surface area (Å²) in [5, 5.41) is 12.1. The Hall–Kier alpha value is -1.66. The molecule has 1 N–H and O–H groups in total. The van der Waals surface area contributed by atoms with E-state index in [0.717, 1.165) is 7.11 Å². The minimum atomic E-state index is -1.97. The van der Waals surface area contributed by atoms with Crippen molar-refractivity contribution in [3.63, 3.8) is 0 Å². The van der Waals surface area contributed by atoms with Crippen LogP contribution >= 0.6 is 0 Å². The molecular formula is C5H8N2O5. The number of hydrogen-bond donors (Lipinski definition) is 1. The maximum absolute atomic E-state index is 10.7. The molecule has 0 aromatic carbocycles. The third-order valence-corrected chi connectivity index (χ3v) is 1.13. The Bertz CT molecular complexity index is 198. The fraction of sp³-hybridized carbons (Fsp3) is 0.600. The van der Waals surface area contributed by atoms with Gasteiger partial charge in [0, 0.05) is 12.0 Å². The molecule has 0 fully saturated rings. The lowest BCUT2D eigenvalue weighted by Crippen LogP contribution is -2.44. The predicted molar refractivity (Wildman–Crippen MR) is 36.9 cm³/mol. The summed E-state index contributed by atoms with van der Waals surface area (Å²) >= 11 is 0. The van der Waals surface area contributed by atoms with Crippen LogP contribution in [0.25, 0.3) is 0 Å². The van der Waals surface area contributed by atoms with Crippen LogP contribution in [0, 0.1) is 10.1 Å². The van der Waals surface area contributed by atoms with E-state index in [1.807, 2.05) is 5.32 Å². The summed E-state index contributed by atoms with van der Waals surface area (Å²) in [5.74, 6) is -2.17. The minimum Gasteiger partial charge on any atom is -0.464 e. The fourth-order valence-electron chi connectivity index (χ4n) is 0.537. The molecule has 0 radical (unpaired) electrons. The number of nitrogens with one attached hydrogen (secondary N) is 1. The molecule has 7 nitrogen and oxygen atoms in total. The van der Waals surface area contributed by atoms with Gasteiger partial charge in [-0.1, -0.05) is 0 Å². The molecule has 0 rings (SSSR count). The number of methoxy groups -OCH3 is 1. The van der Waals surface area contributed by atoms with Gasteiger partial charge in [0.15, 0.2) is 0 Å². The number of rotatable bonds is 3. The Kier molecular flexibility index (Phi) is 3.68. The molecule has 12 heavy (non-hydrogen) atoms. The lowest BCUT2D eigenvalue weighted by atomic mass is 10.3. The zero-order valence-corrected chi connectivity index (χ0v) is 6.57. The molecule has 0 heterocycles. The molecule has 0 aromatic heterocycles. The van der Waals surface area contributed by atoms with E-state index < -0.39 is 22.8 Å². The number of nitrogens with zero attached hydrogens (tertiary/aromatic N) is 1. The lowest BCUT2D eigenvalue weighted by molar-refractivity contribution is -0.496. The second kappa shape index (κ2) is 4.27. The van der Waals surface area contributed by atoms with Gasteiger partial charge < -0.3 is 10.1 Å². The van der Waals surface area contributed by atoms with Crippen molar-refractivity contribution < 1.29 is 19.2 Å². The first-order valence-electron chi connectivity index (χ1n) is 2.97. The van der Waals surface area contributed by atoms with Crippen LogP contribution in [0.2, 0.25) is 0 Å². The van der Waals surface area contributed by atoms with Gasteiger partial charge in [0.1, 0.15) is 0 Å². The number of esters is 1. The van der Waals surface area contributed by atoms with E-state index in [1.54, 1.807) is 0 Å². The van der Waals surface area contributed by atoms with Crippen molar-refractivity contribution in [3.8, 4) is 0 Å². The Morgan fingerprint density at radius 1 is 1.58 bits per heavy atom. The lowest BCUT2D eigenvalue weighted by Gasteiger charge is -2.04. The van der Waals surface area contributed by atoms with Crippen molar-refractivity contribution in [1.82, 2.24) is 5.32 Å². The van der Waals surface area contributed by atoms with E-state index in [1.165, 1.54) is 7.05 Å². The van der Waals surface area contributed by atoms with Crippen LogP contribution in [0.4, 0.5) is 0 Å². The number of hydrogen-bond acceptors (Lipinski definition) is 5. The monoisotopic (exact) mass is 176 g/mol. The molecule has 0 bridgehead atoms. The highest BCUT2D eigenvalue weighted by Gasteiger charge is 2.38. The first-order valence-corrected chi connectivity index (χ1v) is 2.97. The highest BCUT2D eigenvalue weighted by atomic mass is 16.6. The van der Waals surface area contributed by atoms with Gasteiger partial charge in [0.25, 0.3) is 0 Å². The van der Waals surface area contributed by atoms with E-state index in [9.17, 15) is 19.7 Å². The van der Waals surface area contributed by atoms with E-state index in [-0.39, 0.29) is 0 Å². The third kappa shape index (κ3) is 2.19. The van der Waals surface area contributed by atoms with Crippen molar-refractivity contribution in [2.24, 2.45) is 0 Å². The van der Waals surface area contributed by atoms with Crippen LogP contribution < -0.4 is 5.32 Å². The van der Waals surface area contributed by atoms with Gasteiger partial charge in [-0.2, -0.15) is 0 Å². The summed E-state index contributed by atoms with van der Waals surface area (Å²) in [6, 6.07) is -1.97. The fourth-order valence-corrected chi connectivity index (χ4v) is 0.537. The van der Waals surface area contributed by atoms with Crippen molar-refractivity contribution in [3.05, 3.63) is 10.1 Å². The molecule has 1 amide bonds. The number of carbonyl (C=O) groups is 2. The van der Waals surface area contributed by atoms with Gasteiger partial charge in [0.05, 0.1) is 7.11 Å². The average Bonchev–Trinajstić information content (AvgIpc) is 2.03. The third-order valence-electron chi connectivity index (χ3n) is 1.13. The normalized spacial score (nSPS) is 11.5. The largest absolute Gasteiger partial charge is 0.464 e. The standard InChI is InChI=1S/C5H8N2O5/c1-6-4(8)3(7(10)11)5(9)12-2/h3H,1-2H3,(H,6,8). The quantitative estimate of drug-likeness (QED) is 0.245. The zero-order valence-electron chi connectivity index (χ0n) is 6.57. The van der Waals surface area contributed by atoms with Crippen LogP contribution in [0.3, 0.4) is 0 Å². The van der Waals surface area contributed by atoms with Gasteiger partial charge in [-0.05, 0) is 0 Å². The molecule has 0 saturated heterocycles. The number of ether oxygens (including phenoxy) is 1. The molecule has 0 aliphatic heterocycles. The number of amides is 1. The maximum atomic E-state index is 10.7. The van der Waals surface area contributed by atoms with Gasteiger partial charge >= 0.3 is 17.9 Å². The topological polar surface area (TPSA) is 98.5 Å². The molecule has 0 aliphatic rings. The summed E-state index contributed by atoms with van der Waals surface area (Å²) in [7, 11) is 2.17. The molecular weight excluding hydrogens is 168 g/mol. The van der Waals surface area contributed by atoms with Crippen molar-refractivity contribution >= 4 is 11.9 Å².